The Balaban J connectivity index is 1.70. The van der Waals surface area contributed by atoms with Crippen LogP contribution in [0, 0.1) is 5.92 Å². The summed E-state index contributed by atoms with van der Waals surface area (Å²) in [6, 6.07) is -0.519. The Labute approximate surface area is 123 Å². The van der Waals surface area contributed by atoms with Gasteiger partial charge < -0.3 is 10.6 Å². The molecular formula is C13H22N6O2. The maximum absolute atomic E-state index is 11.6. The van der Waals surface area contributed by atoms with Gasteiger partial charge in [0.25, 0.3) is 0 Å². The molecule has 1 aliphatic rings. The molecule has 3 amide bonds. The maximum atomic E-state index is 11.6. The lowest BCUT2D eigenvalue weighted by Crippen LogP contribution is -2.43. The van der Waals surface area contributed by atoms with Crippen molar-refractivity contribution in [3.05, 3.63) is 11.9 Å². The van der Waals surface area contributed by atoms with Crippen LogP contribution in [-0.2, 0) is 17.9 Å². The molecule has 0 aromatic carbocycles. The summed E-state index contributed by atoms with van der Waals surface area (Å²) >= 11 is 0. The number of urea groups is 1. The normalized spacial score (nSPS) is 14.2. The fourth-order valence-electron chi connectivity index (χ4n) is 1.83. The highest BCUT2D eigenvalue weighted by molar-refractivity contribution is 5.94. The zero-order valence-corrected chi connectivity index (χ0v) is 12.4. The molecule has 1 fully saturated rings. The highest BCUT2D eigenvalue weighted by Crippen LogP contribution is 2.27. The summed E-state index contributed by atoms with van der Waals surface area (Å²) in [5.41, 5.74) is 0.787. The lowest BCUT2D eigenvalue weighted by molar-refractivity contribution is -0.120. The van der Waals surface area contributed by atoms with E-state index in [-0.39, 0.29) is 12.6 Å². The number of carbonyl (C=O) groups excluding carboxylic acids is 2. The molecule has 0 atom stereocenters. The molecule has 1 aromatic heterocycles. The molecule has 8 heteroatoms. The van der Waals surface area contributed by atoms with Gasteiger partial charge in [-0.05, 0) is 39.2 Å². The van der Waals surface area contributed by atoms with Crippen molar-refractivity contribution in [1.82, 2.24) is 30.9 Å². The van der Waals surface area contributed by atoms with E-state index in [9.17, 15) is 9.59 Å². The number of imide groups is 1. The quantitative estimate of drug-likeness (QED) is 0.658. The molecule has 0 spiro atoms. The van der Waals surface area contributed by atoms with Crippen LogP contribution in [0.4, 0.5) is 4.79 Å². The van der Waals surface area contributed by atoms with Gasteiger partial charge in [0.05, 0.1) is 11.9 Å². The summed E-state index contributed by atoms with van der Waals surface area (Å²) in [5, 5.41) is 16.0. The van der Waals surface area contributed by atoms with Crippen LogP contribution in [0.5, 0.6) is 0 Å². The number of rotatable bonds is 7. The molecule has 116 valence electrons. The third-order valence-electron chi connectivity index (χ3n) is 3.00. The number of nitrogens with zero attached hydrogens (tertiary/aromatic N) is 3. The fraction of sp³-hybridized carbons (Fsp3) is 0.692. The predicted molar refractivity (Wildman–Crippen MR) is 76.3 cm³/mol. The first-order valence-electron chi connectivity index (χ1n) is 7.23. The molecule has 1 aliphatic carbocycles. The van der Waals surface area contributed by atoms with Crippen molar-refractivity contribution in [3.63, 3.8) is 0 Å². The Bertz CT molecular complexity index is 495. The van der Waals surface area contributed by atoms with E-state index in [2.05, 4.69) is 26.3 Å². The highest BCUT2D eigenvalue weighted by atomic mass is 16.2. The monoisotopic (exact) mass is 294 g/mol. The van der Waals surface area contributed by atoms with Crippen LogP contribution < -0.4 is 16.0 Å². The molecular weight excluding hydrogens is 272 g/mol. The van der Waals surface area contributed by atoms with E-state index in [1.54, 1.807) is 6.20 Å². The molecule has 21 heavy (non-hydrogen) atoms. The van der Waals surface area contributed by atoms with Crippen LogP contribution in [0.25, 0.3) is 0 Å². The van der Waals surface area contributed by atoms with E-state index in [1.165, 1.54) is 17.5 Å². The van der Waals surface area contributed by atoms with Crippen LogP contribution in [0.1, 0.15) is 32.4 Å². The number of amides is 3. The van der Waals surface area contributed by atoms with Crippen molar-refractivity contribution in [2.45, 2.75) is 45.8 Å². The Morgan fingerprint density at radius 2 is 2.19 bits per heavy atom. The molecule has 0 unspecified atom stereocenters. The van der Waals surface area contributed by atoms with E-state index in [4.69, 9.17) is 0 Å². The maximum Gasteiger partial charge on any atom is 0.321 e. The van der Waals surface area contributed by atoms with Gasteiger partial charge in [-0.3, -0.25) is 10.1 Å². The van der Waals surface area contributed by atoms with Gasteiger partial charge in [-0.1, -0.05) is 5.21 Å². The van der Waals surface area contributed by atoms with Gasteiger partial charge in [-0.15, -0.1) is 5.10 Å². The Morgan fingerprint density at radius 1 is 1.43 bits per heavy atom. The smallest absolute Gasteiger partial charge is 0.321 e. The first kappa shape index (κ1) is 15.4. The number of hydrogen-bond donors (Lipinski definition) is 3. The number of aromatic nitrogens is 3. The van der Waals surface area contributed by atoms with E-state index in [0.29, 0.717) is 6.54 Å². The van der Waals surface area contributed by atoms with Crippen molar-refractivity contribution in [2.24, 2.45) is 5.92 Å². The third-order valence-corrected chi connectivity index (χ3v) is 3.00. The minimum atomic E-state index is -0.499. The average Bonchev–Trinajstić information content (AvgIpc) is 3.08. The molecule has 3 N–H and O–H groups in total. The Morgan fingerprint density at radius 3 is 2.86 bits per heavy atom. The lowest BCUT2D eigenvalue weighted by atomic mass is 10.4. The zero-order valence-electron chi connectivity index (χ0n) is 12.4. The van der Waals surface area contributed by atoms with Gasteiger partial charge in [0, 0.05) is 12.6 Å². The molecule has 0 radical (unpaired) electrons. The second-order valence-electron chi connectivity index (χ2n) is 5.66. The van der Waals surface area contributed by atoms with Crippen LogP contribution in [0.15, 0.2) is 6.20 Å². The van der Waals surface area contributed by atoms with Gasteiger partial charge >= 0.3 is 6.03 Å². The average molecular weight is 294 g/mol. The summed E-state index contributed by atoms with van der Waals surface area (Å²) < 4.78 is 1.42. The lowest BCUT2D eigenvalue weighted by Gasteiger charge is -2.08. The van der Waals surface area contributed by atoms with Gasteiger partial charge in [0.15, 0.2) is 0 Å². The van der Waals surface area contributed by atoms with Gasteiger partial charge in [-0.25, -0.2) is 9.48 Å². The summed E-state index contributed by atoms with van der Waals surface area (Å²) in [7, 11) is 0. The van der Waals surface area contributed by atoms with Crippen molar-refractivity contribution >= 4 is 11.9 Å². The third kappa shape index (κ3) is 5.90. The fourth-order valence-corrected chi connectivity index (χ4v) is 1.83. The topological polar surface area (TPSA) is 101 Å². The summed E-state index contributed by atoms with van der Waals surface area (Å²) in [6.45, 7) is 5.26. The SMILES string of the molecule is CC(C)NC(=O)NC(=O)Cn1cc(CNCC2CC2)nn1. The van der Waals surface area contributed by atoms with E-state index in [0.717, 1.165) is 18.2 Å². The number of hydrogen-bond acceptors (Lipinski definition) is 5. The van der Waals surface area contributed by atoms with Gasteiger partial charge in [0.1, 0.15) is 6.54 Å². The minimum absolute atomic E-state index is 0.0201. The Hall–Kier alpha value is -1.96. The molecule has 1 saturated carbocycles. The molecule has 1 aromatic rings. The second-order valence-corrected chi connectivity index (χ2v) is 5.66. The number of nitrogens with one attached hydrogen (secondary N) is 3. The minimum Gasteiger partial charge on any atom is -0.336 e. The van der Waals surface area contributed by atoms with Crippen molar-refractivity contribution < 1.29 is 9.59 Å². The van der Waals surface area contributed by atoms with E-state index >= 15 is 0 Å². The summed E-state index contributed by atoms with van der Waals surface area (Å²) in [6.07, 6.45) is 4.32. The largest absolute Gasteiger partial charge is 0.336 e. The van der Waals surface area contributed by atoms with E-state index < -0.39 is 11.9 Å². The molecule has 2 rings (SSSR count). The van der Waals surface area contributed by atoms with Crippen molar-refractivity contribution in [2.75, 3.05) is 6.54 Å². The Kier molecular flexibility index (Phi) is 5.26. The summed E-state index contributed by atoms with van der Waals surface area (Å²) in [4.78, 5) is 23.0. The first-order valence-corrected chi connectivity index (χ1v) is 7.23. The first-order chi connectivity index (χ1) is 10.0. The highest BCUT2D eigenvalue weighted by Gasteiger charge is 2.20. The van der Waals surface area contributed by atoms with Gasteiger partial charge in [-0.2, -0.15) is 0 Å². The number of carbonyl (C=O) groups is 2. The molecule has 0 aliphatic heterocycles. The van der Waals surface area contributed by atoms with Crippen molar-refractivity contribution in [1.29, 1.82) is 0 Å². The second kappa shape index (κ2) is 7.16. The van der Waals surface area contributed by atoms with E-state index in [1.807, 2.05) is 13.8 Å². The summed E-state index contributed by atoms with van der Waals surface area (Å²) in [5.74, 6) is 0.390. The van der Waals surface area contributed by atoms with Crippen LogP contribution >= 0.6 is 0 Å². The van der Waals surface area contributed by atoms with Crippen LogP contribution in [-0.4, -0.2) is 39.5 Å². The molecule has 8 nitrogen and oxygen atoms in total. The molecule has 0 saturated heterocycles. The van der Waals surface area contributed by atoms with Crippen LogP contribution in [0.3, 0.4) is 0 Å². The van der Waals surface area contributed by atoms with Crippen molar-refractivity contribution in [3.8, 4) is 0 Å². The predicted octanol–water partition coefficient (Wildman–Crippen LogP) is 0.0119. The standard InChI is InChI=1S/C13H22N6O2/c1-9(2)15-13(21)16-12(20)8-19-7-11(17-18-19)6-14-5-10-3-4-10/h7,9-10,14H,3-6,8H2,1-2H3,(H2,15,16,20,21). The molecule has 0 bridgehead atoms. The van der Waals surface area contributed by atoms with Gasteiger partial charge in [0.2, 0.25) is 5.91 Å². The van der Waals surface area contributed by atoms with Crippen LogP contribution in [0.2, 0.25) is 0 Å². The zero-order chi connectivity index (χ0) is 15.2. The molecule has 1 heterocycles.